The number of fused-ring (bicyclic) bond motifs is 10. The molecule has 2 atom stereocenters. The molecule has 0 saturated heterocycles. The number of carbonyl (C=O) groups is 1. The van der Waals surface area contributed by atoms with Crippen LogP contribution in [0.25, 0.3) is 32.9 Å². The summed E-state index contributed by atoms with van der Waals surface area (Å²) >= 11 is 0. The first kappa shape index (κ1) is 19.5. The molecule has 4 aromatic rings. The van der Waals surface area contributed by atoms with Crippen LogP contribution in [-0.4, -0.2) is 40.7 Å². The second-order valence-electron chi connectivity index (χ2n) is 9.00. The summed E-state index contributed by atoms with van der Waals surface area (Å²) in [6.07, 6.45) is -0.576. The van der Waals surface area contributed by atoms with Crippen molar-refractivity contribution in [3.05, 3.63) is 70.3 Å². The lowest BCUT2D eigenvalue weighted by molar-refractivity contribution is 0.0817. The number of H-pyrrole nitrogens is 1. The van der Waals surface area contributed by atoms with E-state index in [4.69, 9.17) is 4.74 Å². The highest BCUT2D eigenvalue weighted by atomic mass is 16.5. The van der Waals surface area contributed by atoms with Crippen molar-refractivity contribution in [3.63, 3.8) is 0 Å². The molecule has 1 aliphatic heterocycles. The average Bonchev–Trinajstić information content (AvgIpc) is 3.42. The summed E-state index contributed by atoms with van der Waals surface area (Å²) in [6.45, 7) is 5.65. The van der Waals surface area contributed by atoms with Gasteiger partial charge in [-0.25, -0.2) is 0 Å². The fraction of sp³-hybridized carbons (Fsp3) is 0.296. The fourth-order valence-corrected chi connectivity index (χ4v) is 5.74. The van der Waals surface area contributed by atoms with E-state index in [0.29, 0.717) is 19.8 Å². The third-order valence-electron chi connectivity index (χ3n) is 7.04. The van der Waals surface area contributed by atoms with E-state index in [1.54, 1.807) is 4.90 Å². The van der Waals surface area contributed by atoms with Gasteiger partial charge in [0, 0.05) is 48.0 Å². The number of hydrogen-bond acceptors (Lipinski definition) is 3. The van der Waals surface area contributed by atoms with Crippen molar-refractivity contribution in [2.75, 3.05) is 13.7 Å². The topological polar surface area (TPSA) is 65.6 Å². The molecule has 5 nitrogen and oxygen atoms in total. The van der Waals surface area contributed by atoms with E-state index < -0.39 is 6.10 Å². The molecular formula is C27H26N2O3. The van der Waals surface area contributed by atoms with E-state index in [1.165, 1.54) is 0 Å². The van der Waals surface area contributed by atoms with Crippen LogP contribution in [0, 0.1) is 0 Å². The molecule has 1 amide bonds. The van der Waals surface area contributed by atoms with Gasteiger partial charge in [-0.05, 0) is 53.8 Å². The number of nitrogens with one attached hydrogen (secondary N) is 1. The highest BCUT2D eigenvalue weighted by Crippen LogP contribution is 2.54. The molecule has 2 N–H and O–H groups in total. The molecule has 0 spiro atoms. The Labute approximate surface area is 186 Å². The Kier molecular flexibility index (Phi) is 4.23. The van der Waals surface area contributed by atoms with Gasteiger partial charge >= 0.3 is 0 Å². The average molecular weight is 427 g/mol. The number of rotatable bonds is 4. The van der Waals surface area contributed by atoms with Crippen LogP contribution in [0.1, 0.15) is 52.4 Å². The van der Waals surface area contributed by atoms with E-state index in [1.807, 2.05) is 33.0 Å². The van der Waals surface area contributed by atoms with E-state index in [2.05, 4.69) is 35.3 Å². The van der Waals surface area contributed by atoms with Crippen molar-refractivity contribution in [2.45, 2.75) is 39.0 Å². The number of hydrogen-bond donors (Lipinski definition) is 2. The second kappa shape index (κ2) is 6.92. The monoisotopic (exact) mass is 426 g/mol. The molecule has 0 saturated carbocycles. The van der Waals surface area contributed by atoms with Crippen LogP contribution in [0.5, 0.6) is 0 Å². The number of ether oxygens (including phenoxy) is 1. The smallest absolute Gasteiger partial charge is 0.254 e. The van der Waals surface area contributed by atoms with Gasteiger partial charge in [0.15, 0.2) is 0 Å². The van der Waals surface area contributed by atoms with Crippen molar-refractivity contribution < 1.29 is 14.6 Å². The highest BCUT2D eigenvalue weighted by molar-refractivity contribution is 6.20. The number of nitrogens with zero attached hydrogens (tertiary/aromatic N) is 1. The van der Waals surface area contributed by atoms with Crippen molar-refractivity contribution >= 4 is 27.7 Å². The van der Waals surface area contributed by atoms with E-state index in [9.17, 15) is 9.90 Å². The van der Waals surface area contributed by atoms with Crippen LogP contribution in [0.3, 0.4) is 0 Å². The number of carbonyl (C=O) groups excluding carboxylic acids is 1. The van der Waals surface area contributed by atoms with Crippen molar-refractivity contribution in [1.82, 2.24) is 9.88 Å². The molecule has 1 aliphatic carbocycles. The maximum absolute atomic E-state index is 13.4. The van der Waals surface area contributed by atoms with E-state index in [0.717, 1.165) is 60.8 Å². The first-order valence-corrected chi connectivity index (χ1v) is 11.2. The predicted octanol–water partition coefficient (Wildman–Crippen LogP) is 4.94. The van der Waals surface area contributed by atoms with Crippen LogP contribution in [-0.2, 0) is 17.9 Å². The Bertz CT molecular complexity index is 1420. The van der Waals surface area contributed by atoms with Crippen LogP contribution in [0.4, 0.5) is 0 Å². The maximum Gasteiger partial charge on any atom is 0.254 e. The SMILES string of the molecule is CCOCc1ccc2[nH]c3c4c(c5c(c3c2c1)CN(C)C5=O)-c1ccccc1C4C(C)O. The molecule has 2 unspecified atom stereocenters. The molecule has 3 aromatic carbocycles. The Morgan fingerprint density at radius 2 is 2.03 bits per heavy atom. The van der Waals surface area contributed by atoms with Crippen LogP contribution >= 0.6 is 0 Å². The zero-order valence-electron chi connectivity index (χ0n) is 18.5. The van der Waals surface area contributed by atoms with Gasteiger partial charge in [0.05, 0.1) is 23.8 Å². The normalized spacial score (nSPS) is 17.8. The summed E-state index contributed by atoms with van der Waals surface area (Å²) in [7, 11) is 1.86. The third kappa shape index (κ3) is 2.49. The minimum atomic E-state index is -0.576. The van der Waals surface area contributed by atoms with Gasteiger partial charge < -0.3 is 19.7 Å². The molecule has 1 aromatic heterocycles. The number of benzene rings is 3. The molecule has 2 heterocycles. The Morgan fingerprint density at radius 1 is 1.22 bits per heavy atom. The van der Waals surface area contributed by atoms with Gasteiger partial charge in [-0.1, -0.05) is 30.3 Å². The van der Waals surface area contributed by atoms with Crippen molar-refractivity contribution in [3.8, 4) is 11.1 Å². The van der Waals surface area contributed by atoms with Crippen LogP contribution < -0.4 is 0 Å². The van der Waals surface area contributed by atoms with Crippen molar-refractivity contribution in [1.29, 1.82) is 0 Å². The maximum atomic E-state index is 13.4. The molecule has 0 radical (unpaired) electrons. The molecular weight excluding hydrogens is 400 g/mol. The summed E-state index contributed by atoms with van der Waals surface area (Å²) in [5.74, 6) is -0.123. The summed E-state index contributed by atoms with van der Waals surface area (Å²) in [4.78, 5) is 18.8. The van der Waals surface area contributed by atoms with Crippen LogP contribution in [0.15, 0.2) is 42.5 Å². The summed E-state index contributed by atoms with van der Waals surface area (Å²) in [6, 6.07) is 14.6. The second-order valence-corrected chi connectivity index (χ2v) is 9.00. The van der Waals surface area contributed by atoms with Gasteiger partial charge in [0.1, 0.15) is 0 Å². The third-order valence-corrected chi connectivity index (χ3v) is 7.04. The molecule has 32 heavy (non-hydrogen) atoms. The highest BCUT2D eigenvalue weighted by Gasteiger charge is 2.41. The quantitative estimate of drug-likeness (QED) is 0.486. The molecule has 2 aliphatic rings. The summed E-state index contributed by atoms with van der Waals surface area (Å²) in [5.41, 5.74) is 9.24. The number of aromatic amines is 1. The Morgan fingerprint density at radius 3 is 2.81 bits per heavy atom. The minimum absolute atomic E-state index is 0.0546. The first-order valence-electron chi connectivity index (χ1n) is 11.2. The van der Waals surface area contributed by atoms with Gasteiger partial charge in [0.2, 0.25) is 0 Å². The molecule has 0 bridgehead atoms. The molecule has 162 valence electrons. The number of amides is 1. The van der Waals surface area contributed by atoms with Crippen molar-refractivity contribution in [2.24, 2.45) is 0 Å². The molecule has 6 rings (SSSR count). The summed E-state index contributed by atoms with van der Waals surface area (Å²) in [5, 5.41) is 13.1. The lowest BCUT2D eigenvalue weighted by atomic mass is 9.87. The number of aliphatic hydroxyl groups excluding tert-OH is 1. The fourth-order valence-electron chi connectivity index (χ4n) is 5.74. The lowest BCUT2D eigenvalue weighted by Gasteiger charge is -2.18. The largest absolute Gasteiger partial charge is 0.392 e. The standard InChI is InChI=1S/C27H26N2O3/c1-4-32-13-15-9-10-20-18(11-15)22-19-12-29(3)27(31)24(19)23-17-8-6-5-7-16(17)21(14(2)30)25(23)26(22)28-20/h5-11,14,21,28,30H,4,12-13H2,1-3H3. The Balaban J connectivity index is 1.76. The predicted molar refractivity (Wildman–Crippen MR) is 126 cm³/mol. The Hall–Kier alpha value is -3.15. The zero-order valence-corrected chi connectivity index (χ0v) is 18.5. The minimum Gasteiger partial charge on any atom is -0.392 e. The number of aliphatic hydroxyl groups is 1. The number of aromatic nitrogens is 1. The summed E-state index contributed by atoms with van der Waals surface area (Å²) < 4.78 is 5.64. The van der Waals surface area contributed by atoms with Gasteiger partial charge in [-0.15, -0.1) is 0 Å². The van der Waals surface area contributed by atoms with Crippen LogP contribution in [0.2, 0.25) is 0 Å². The zero-order chi connectivity index (χ0) is 22.1. The van der Waals surface area contributed by atoms with Gasteiger partial charge in [0.25, 0.3) is 5.91 Å². The molecule has 5 heteroatoms. The van der Waals surface area contributed by atoms with E-state index in [-0.39, 0.29) is 11.8 Å². The van der Waals surface area contributed by atoms with Gasteiger partial charge in [-0.2, -0.15) is 0 Å². The lowest BCUT2D eigenvalue weighted by Crippen LogP contribution is -2.18. The first-order chi connectivity index (χ1) is 15.5. The molecule has 0 fully saturated rings. The van der Waals surface area contributed by atoms with E-state index >= 15 is 0 Å². The van der Waals surface area contributed by atoms with Gasteiger partial charge in [-0.3, -0.25) is 4.79 Å².